The van der Waals surface area contributed by atoms with E-state index >= 15 is 0 Å². The molecule has 2 nitrogen and oxygen atoms in total. The van der Waals surface area contributed by atoms with Gasteiger partial charge < -0.3 is 10.5 Å². The maximum absolute atomic E-state index is 13.2. The Bertz CT molecular complexity index is 323. The molecular formula is C12H18FNO. The van der Waals surface area contributed by atoms with Crippen LogP contribution < -0.4 is 10.5 Å². The van der Waals surface area contributed by atoms with Crippen LogP contribution in [-0.4, -0.2) is 6.61 Å². The fourth-order valence-corrected chi connectivity index (χ4v) is 1.19. The molecular weight excluding hydrogens is 193 g/mol. The minimum Gasteiger partial charge on any atom is -0.493 e. The van der Waals surface area contributed by atoms with Crippen molar-refractivity contribution >= 4 is 0 Å². The smallest absolute Gasteiger partial charge is 0.127 e. The van der Waals surface area contributed by atoms with Crippen LogP contribution in [-0.2, 0) is 0 Å². The number of ether oxygens (including phenoxy) is 1. The quantitative estimate of drug-likeness (QED) is 0.831. The number of benzene rings is 1. The molecule has 3 heteroatoms. The van der Waals surface area contributed by atoms with Crippen LogP contribution in [0.4, 0.5) is 4.39 Å². The van der Waals surface area contributed by atoms with Gasteiger partial charge in [-0.1, -0.05) is 13.8 Å². The molecule has 0 aliphatic rings. The van der Waals surface area contributed by atoms with Crippen molar-refractivity contribution in [1.82, 2.24) is 0 Å². The third-order valence-electron chi connectivity index (χ3n) is 2.00. The Hall–Kier alpha value is -1.09. The zero-order chi connectivity index (χ0) is 11.4. The first-order chi connectivity index (χ1) is 6.99. The summed E-state index contributed by atoms with van der Waals surface area (Å²) in [5.74, 6) is 0.673. The molecule has 0 heterocycles. The van der Waals surface area contributed by atoms with Crippen LogP contribution in [0.3, 0.4) is 0 Å². The number of halogens is 1. The lowest BCUT2D eigenvalue weighted by Gasteiger charge is -2.12. The van der Waals surface area contributed by atoms with Crippen LogP contribution in [0.25, 0.3) is 0 Å². The van der Waals surface area contributed by atoms with Gasteiger partial charge in [-0.05, 0) is 30.5 Å². The summed E-state index contributed by atoms with van der Waals surface area (Å²) in [4.78, 5) is 0. The standard InChI is InChI=1S/C12H18FNO/c1-8(2)7-15-12-5-10(9(3)14)4-11(13)6-12/h4-6,8-9H,7,14H2,1-3H3. The molecule has 1 aromatic carbocycles. The third-order valence-corrected chi connectivity index (χ3v) is 2.00. The van der Waals surface area contributed by atoms with E-state index in [1.807, 2.05) is 20.8 Å². The van der Waals surface area contributed by atoms with Crippen molar-refractivity contribution in [2.24, 2.45) is 11.7 Å². The lowest BCUT2D eigenvalue weighted by Crippen LogP contribution is -2.08. The predicted octanol–water partition coefficient (Wildman–Crippen LogP) is 2.88. The van der Waals surface area contributed by atoms with E-state index in [1.165, 1.54) is 12.1 Å². The molecule has 15 heavy (non-hydrogen) atoms. The second-order valence-electron chi connectivity index (χ2n) is 4.21. The van der Waals surface area contributed by atoms with Gasteiger partial charge in [0.15, 0.2) is 0 Å². The van der Waals surface area contributed by atoms with E-state index in [0.717, 1.165) is 5.56 Å². The summed E-state index contributed by atoms with van der Waals surface area (Å²) < 4.78 is 18.6. The SMILES string of the molecule is CC(C)COc1cc(F)cc(C(C)N)c1. The Morgan fingerprint density at radius 3 is 2.47 bits per heavy atom. The Kier molecular flexibility index (Phi) is 4.09. The summed E-state index contributed by atoms with van der Waals surface area (Å²) in [6, 6.07) is 4.43. The molecule has 1 atom stereocenters. The lowest BCUT2D eigenvalue weighted by atomic mass is 10.1. The van der Waals surface area contributed by atoms with Crippen molar-refractivity contribution in [3.63, 3.8) is 0 Å². The molecule has 0 aromatic heterocycles. The second-order valence-corrected chi connectivity index (χ2v) is 4.21. The Balaban J connectivity index is 2.79. The van der Waals surface area contributed by atoms with Gasteiger partial charge in [0.1, 0.15) is 11.6 Å². The van der Waals surface area contributed by atoms with E-state index in [9.17, 15) is 4.39 Å². The predicted molar refractivity (Wildman–Crippen MR) is 59.3 cm³/mol. The van der Waals surface area contributed by atoms with Crippen LogP contribution >= 0.6 is 0 Å². The van der Waals surface area contributed by atoms with Crippen molar-refractivity contribution in [2.75, 3.05) is 6.61 Å². The van der Waals surface area contributed by atoms with Crippen molar-refractivity contribution < 1.29 is 9.13 Å². The van der Waals surface area contributed by atoms with Gasteiger partial charge in [-0.15, -0.1) is 0 Å². The molecule has 1 unspecified atom stereocenters. The minimum atomic E-state index is -0.302. The molecule has 0 saturated carbocycles. The van der Waals surface area contributed by atoms with Crippen molar-refractivity contribution in [3.8, 4) is 5.75 Å². The topological polar surface area (TPSA) is 35.2 Å². The first-order valence-corrected chi connectivity index (χ1v) is 5.18. The highest BCUT2D eigenvalue weighted by atomic mass is 19.1. The van der Waals surface area contributed by atoms with E-state index in [4.69, 9.17) is 10.5 Å². The number of nitrogens with two attached hydrogens (primary N) is 1. The molecule has 0 aliphatic carbocycles. The van der Waals surface area contributed by atoms with E-state index in [1.54, 1.807) is 6.07 Å². The Morgan fingerprint density at radius 1 is 1.27 bits per heavy atom. The maximum atomic E-state index is 13.2. The van der Waals surface area contributed by atoms with Crippen LogP contribution in [0.15, 0.2) is 18.2 Å². The van der Waals surface area contributed by atoms with Crippen LogP contribution in [0.1, 0.15) is 32.4 Å². The van der Waals surface area contributed by atoms with Crippen molar-refractivity contribution in [3.05, 3.63) is 29.6 Å². The largest absolute Gasteiger partial charge is 0.493 e. The fraction of sp³-hybridized carbons (Fsp3) is 0.500. The van der Waals surface area contributed by atoms with Gasteiger partial charge in [0, 0.05) is 12.1 Å². The average molecular weight is 211 g/mol. The van der Waals surface area contributed by atoms with E-state index in [2.05, 4.69) is 0 Å². The van der Waals surface area contributed by atoms with Gasteiger partial charge in [0.2, 0.25) is 0 Å². The molecule has 0 saturated heterocycles. The lowest BCUT2D eigenvalue weighted by molar-refractivity contribution is 0.269. The van der Waals surface area contributed by atoms with E-state index in [0.29, 0.717) is 18.3 Å². The molecule has 0 radical (unpaired) electrons. The zero-order valence-corrected chi connectivity index (χ0v) is 9.46. The van der Waals surface area contributed by atoms with Gasteiger partial charge in [0.05, 0.1) is 6.61 Å². The zero-order valence-electron chi connectivity index (χ0n) is 9.46. The van der Waals surface area contributed by atoms with Gasteiger partial charge in [0.25, 0.3) is 0 Å². The number of rotatable bonds is 4. The van der Waals surface area contributed by atoms with Crippen LogP contribution in [0.2, 0.25) is 0 Å². The average Bonchev–Trinajstić information content (AvgIpc) is 2.13. The molecule has 0 amide bonds. The summed E-state index contributed by atoms with van der Waals surface area (Å²) in [6.07, 6.45) is 0. The maximum Gasteiger partial charge on any atom is 0.127 e. The highest BCUT2D eigenvalue weighted by Crippen LogP contribution is 2.20. The highest BCUT2D eigenvalue weighted by molar-refractivity contribution is 5.31. The highest BCUT2D eigenvalue weighted by Gasteiger charge is 2.05. The monoisotopic (exact) mass is 211 g/mol. The van der Waals surface area contributed by atoms with Crippen molar-refractivity contribution in [1.29, 1.82) is 0 Å². The fourth-order valence-electron chi connectivity index (χ4n) is 1.19. The molecule has 0 bridgehead atoms. The summed E-state index contributed by atoms with van der Waals surface area (Å²) in [5.41, 5.74) is 6.44. The van der Waals surface area contributed by atoms with E-state index < -0.39 is 0 Å². The first-order valence-electron chi connectivity index (χ1n) is 5.18. The normalized spacial score (nSPS) is 12.9. The van der Waals surface area contributed by atoms with Gasteiger partial charge in [-0.3, -0.25) is 0 Å². The van der Waals surface area contributed by atoms with Gasteiger partial charge >= 0.3 is 0 Å². The summed E-state index contributed by atoms with van der Waals surface area (Å²) in [5, 5.41) is 0. The minimum absolute atomic E-state index is 0.179. The molecule has 2 N–H and O–H groups in total. The third kappa shape index (κ3) is 3.88. The Morgan fingerprint density at radius 2 is 1.93 bits per heavy atom. The molecule has 0 aliphatic heterocycles. The number of hydrogen-bond donors (Lipinski definition) is 1. The van der Waals surface area contributed by atoms with Crippen molar-refractivity contribution in [2.45, 2.75) is 26.8 Å². The van der Waals surface area contributed by atoms with Crippen LogP contribution in [0.5, 0.6) is 5.75 Å². The van der Waals surface area contributed by atoms with Gasteiger partial charge in [-0.25, -0.2) is 4.39 Å². The van der Waals surface area contributed by atoms with Crippen LogP contribution in [0, 0.1) is 11.7 Å². The number of hydrogen-bond acceptors (Lipinski definition) is 2. The van der Waals surface area contributed by atoms with Gasteiger partial charge in [-0.2, -0.15) is 0 Å². The molecule has 1 aromatic rings. The molecule has 0 fully saturated rings. The summed E-state index contributed by atoms with van der Waals surface area (Å²) >= 11 is 0. The first kappa shape index (κ1) is 12.0. The summed E-state index contributed by atoms with van der Waals surface area (Å²) in [7, 11) is 0. The molecule has 0 spiro atoms. The molecule has 1 rings (SSSR count). The second kappa shape index (κ2) is 5.12. The Labute approximate surface area is 90.2 Å². The molecule has 84 valence electrons. The summed E-state index contributed by atoms with van der Waals surface area (Å²) in [6.45, 7) is 6.50. The van der Waals surface area contributed by atoms with E-state index in [-0.39, 0.29) is 11.9 Å².